The van der Waals surface area contributed by atoms with Crippen molar-refractivity contribution in [2.45, 2.75) is 25.8 Å². The third-order valence-corrected chi connectivity index (χ3v) is 3.39. The molecule has 2 heterocycles. The van der Waals surface area contributed by atoms with Gasteiger partial charge in [0.1, 0.15) is 0 Å². The molecule has 0 aliphatic rings. The fraction of sp³-hybridized carbons (Fsp3) is 0.250. The molecular weight excluding hydrogens is 250 g/mol. The molecule has 0 aliphatic carbocycles. The van der Waals surface area contributed by atoms with E-state index in [-0.39, 0.29) is 0 Å². The lowest BCUT2D eigenvalue weighted by molar-refractivity contribution is 0.558. The number of rotatable bonds is 5. The van der Waals surface area contributed by atoms with Gasteiger partial charge in [-0.25, -0.2) is 4.68 Å². The predicted octanol–water partition coefficient (Wildman–Crippen LogP) is 3.27. The lowest BCUT2D eigenvalue weighted by Crippen LogP contribution is -1.99. The van der Waals surface area contributed by atoms with Gasteiger partial charge in [0.05, 0.1) is 24.8 Å². The zero-order chi connectivity index (χ0) is 13.8. The first kappa shape index (κ1) is 12.7. The van der Waals surface area contributed by atoms with Crippen LogP contribution in [0.4, 0.5) is 0 Å². The summed E-state index contributed by atoms with van der Waals surface area (Å²) in [4.78, 5) is 0. The Labute approximate surface area is 118 Å². The summed E-state index contributed by atoms with van der Waals surface area (Å²) in [6, 6.07) is 12.4. The van der Waals surface area contributed by atoms with E-state index in [9.17, 15) is 0 Å². The van der Waals surface area contributed by atoms with E-state index in [2.05, 4.69) is 41.5 Å². The minimum Gasteiger partial charge on any atom is -0.472 e. The highest BCUT2D eigenvalue weighted by molar-refractivity contribution is 5.20. The molecule has 1 atom stereocenters. The van der Waals surface area contributed by atoms with Crippen LogP contribution in [0.15, 0.2) is 59.5 Å². The topological polar surface area (TPSA) is 43.9 Å². The van der Waals surface area contributed by atoms with Crippen molar-refractivity contribution in [3.8, 4) is 0 Å². The average Bonchev–Trinajstić information content (AvgIpc) is 3.12. The van der Waals surface area contributed by atoms with Crippen LogP contribution in [0, 0.1) is 0 Å². The molecule has 4 nitrogen and oxygen atoms in total. The van der Waals surface area contributed by atoms with E-state index < -0.39 is 0 Å². The van der Waals surface area contributed by atoms with E-state index in [1.165, 1.54) is 5.56 Å². The standard InChI is InChI=1S/C16H17N3O/c1-13(15-5-3-2-4-6-15)9-16-11-19(18-17-16)10-14-7-8-20-12-14/h2-8,11-13H,9-10H2,1H3. The maximum absolute atomic E-state index is 5.05. The molecule has 0 amide bonds. The van der Waals surface area contributed by atoms with Crippen LogP contribution in [-0.2, 0) is 13.0 Å². The maximum Gasteiger partial charge on any atom is 0.0953 e. The van der Waals surface area contributed by atoms with Crippen LogP contribution >= 0.6 is 0 Å². The SMILES string of the molecule is CC(Cc1cn(Cc2ccoc2)nn1)c1ccccc1. The third-order valence-electron chi connectivity index (χ3n) is 3.39. The van der Waals surface area contributed by atoms with Crippen molar-refractivity contribution < 1.29 is 4.42 Å². The average molecular weight is 267 g/mol. The molecule has 0 fully saturated rings. The van der Waals surface area contributed by atoms with Crippen LogP contribution in [-0.4, -0.2) is 15.0 Å². The van der Waals surface area contributed by atoms with Gasteiger partial charge in [0.2, 0.25) is 0 Å². The van der Waals surface area contributed by atoms with Crippen LogP contribution in [0.25, 0.3) is 0 Å². The highest BCUT2D eigenvalue weighted by atomic mass is 16.3. The number of benzene rings is 1. The summed E-state index contributed by atoms with van der Waals surface area (Å²) in [5.74, 6) is 0.440. The predicted molar refractivity (Wildman–Crippen MR) is 76.4 cm³/mol. The fourth-order valence-corrected chi connectivity index (χ4v) is 2.29. The Kier molecular flexibility index (Phi) is 3.63. The van der Waals surface area contributed by atoms with Gasteiger partial charge in [0.15, 0.2) is 0 Å². The molecule has 1 aromatic carbocycles. The first-order chi connectivity index (χ1) is 9.81. The van der Waals surface area contributed by atoms with Gasteiger partial charge in [-0.15, -0.1) is 5.10 Å². The van der Waals surface area contributed by atoms with Gasteiger partial charge in [-0.3, -0.25) is 0 Å². The number of hydrogen-bond acceptors (Lipinski definition) is 3. The molecule has 1 unspecified atom stereocenters. The second kappa shape index (κ2) is 5.74. The normalized spacial score (nSPS) is 12.4. The number of aromatic nitrogens is 3. The summed E-state index contributed by atoms with van der Waals surface area (Å²) in [6.07, 6.45) is 6.31. The van der Waals surface area contributed by atoms with E-state index in [0.29, 0.717) is 12.5 Å². The lowest BCUT2D eigenvalue weighted by Gasteiger charge is -2.09. The van der Waals surface area contributed by atoms with E-state index in [0.717, 1.165) is 17.7 Å². The molecule has 102 valence electrons. The smallest absolute Gasteiger partial charge is 0.0953 e. The van der Waals surface area contributed by atoms with Crippen LogP contribution in [0.2, 0.25) is 0 Å². The Morgan fingerprint density at radius 1 is 1.20 bits per heavy atom. The van der Waals surface area contributed by atoms with E-state index in [4.69, 9.17) is 4.42 Å². The van der Waals surface area contributed by atoms with Gasteiger partial charge in [-0.2, -0.15) is 0 Å². The van der Waals surface area contributed by atoms with Crippen LogP contribution in [0.3, 0.4) is 0 Å². The van der Waals surface area contributed by atoms with Crippen molar-refractivity contribution in [1.29, 1.82) is 0 Å². The summed E-state index contributed by atoms with van der Waals surface area (Å²) in [5.41, 5.74) is 3.44. The number of hydrogen-bond donors (Lipinski definition) is 0. The Morgan fingerprint density at radius 3 is 2.80 bits per heavy atom. The first-order valence-electron chi connectivity index (χ1n) is 6.76. The van der Waals surface area contributed by atoms with Crippen molar-refractivity contribution in [3.05, 3.63) is 71.9 Å². The second-order valence-corrected chi connectivity index (χ2v) is 5.05. The Bertz CT molecular complexity index is 643. The largest absolute Gasteiger partial charge is 0.472 e. The van der Waals surface area contributed by atoms with Gasteiger partial charge in [-0.1, -0.05) is 42.5 Å². The van der Waals surface area contributed by atoms with E-state index >= 15 is 0 Å². The molecule has 4 heteroatoms. The second-order valence-electron chi connectivity index (χ2n) is 5.05. The molecule has 0 saturated carbocycles. The summed E-state index contributed by atoms with van der Waals surface area (Å²) < 4.78 is 6.90. The minimum atomic E-state index is 0.440. The quantitative estimate of drug-likeness (QED) is 0.712. The Balaban J connectivity index is 1.65. The van der Waals surface area contributed by atoms with E-state index in [1.807, 2.05) is 23.0 Å². The molecule has 0 radical (unpaired) electrons. The maximum atomic E-state index is 5.05. The van der Waals surface area contributed by atoms with Gasteiger partial charge < -0.3 is 4.42 Å². The van der Waals surface area contributed by atoms with Crippen LogP contribution in [0.5, 0.6) is 0 Å². The third kappa shape index (κ3) is 2.96. The minimum absolute atomic E-state index is 0.440. The van der Waals surface area contributed by atoms with Gasteiger partial charge in [-0.05, 0) is 24.0 Å². The molecule has 3 rings (SSSR count). The molecule has 0 spiro atoms. The molecule has 2 aromatic heterocycles. The molecule has 20 heavy (non-hydrogen) atoms. The summed E-state index contributed by atoms with van der Waals surface area (Å²) in [5, 5.41) is 8.41. The molecule has 3 aromatic rings. The number of furan rings is 1. The van der Waals surface area contributed by atoms with Crippen molar-refractivity contribution in [1.82, 2.24) is 15.0 Å². The molecule has 0 saturated heterocycles. The van der Waals surface area contributed by atoms with Gasteiger partial charge >= 0.3 is 0 Å². The fourth-order valence-electron chi connectivity index (χ4n) is 2.29. The van der Waals surface area contributed by atoms with Crippen molar-refractivity contribution >= 4 is 0 Å². The lowest BCUT2D eigenvalue weighted by atomic mass is 9.97. The zero-order valence-corrected chi connectivity index (χ0v) is 11.4. The Hall–Kier alpha value is -2.36. The van der Waals surface area contributed by atoms with Crippen molar-refractivity contribution in [2.24, 2.45) is 0 Å². The summed E-state index contributed by atoms with van der Waals surface area (Å²) in [6.45, 7) is 2.91. The molecular formula is C16H17N3O. The Morgan fingerprint density at radius 2 is 2.05 bits per heavy atom. The highest BCUT2D eigenvalue weighted by Gasteiger charge is 2.09. The summed E-state index contributed by atoms with van der Waals surface area (Å²) in [7, 11) is 0. The van der Waals surface area contributed by atoms with E-state index in [1.54, 1.807) is 12.5 Å². The monoisotopic (exact) mass is 267 g/mol. The van der Waals surface area contributed by atoms with Crippen LogP contribution < -0.4 is 0 Å². The first-order valence-corrected chi connectivity index (χ1v) is 6.76. The molecule has 0 bridgehead atoms. The van der Waals surface area contributed by atoms with Gasteiger partial charge in [0.25, 0.3) is 0 Å². The molecule has 0 aliphatic heterocycles. The highest BCUT2D eigenvalue weighted by Crippen LogP contribution is 2.18. The zero-order valence-electron chi connectivity index (χ0n) is 11.4. The number of nitrogens with zero attached hydrogens (tertiary/aromatic N) is 3. The van der Waals surface area contributed by atoms with Crippen molar-refractivity contribution in [3.63, 3.8) is 0 Å². The summed E-state index contributed by atoms with van der Waals surface area (Å²) >= 11 is 0. The van der Waals surface area contributed by atoms with Gasteiger partial charge in [0, 0.05) is 11.8 Å². The van der Waals surface area contributed by atoms with Crippen molar-refractivity contribution in [2.75, 3.05) is 0 Å². The van der Waals surface area contributed by atoms with Crippen LogP contribution in [0.1, 0.15) is 29.7 Å². The molecule has 0 N–H and O–H groups in total.